The van der Waals surface area contributed by atoms with Gasteiger partial charge in [0.1, 0.15) is 27.0 Å². The number of nitro benzene ring substituents is 1. The van der Waals surface area contributed by atoms with Crippen LogP contribution >= 0.6 is 11.8 Å². The van der Waals surface area contributed by atoms with Gasteiger partial charge in [-0.1, -0.05) is 0 Å². The first-order valence-electron chi connectivity index (χ1n) is 7.82. The highest BCUT2D eigenvalue weighted by molar-refractivity contribution is 8.00. The molecule has 0 radical (unpaired) electrons. The number of nitro groups is 1. The average Bonchev–Trinajstić information content (AvgIpc) is 3.40. The molecule has 11 heteroatoms. The fraction of sp³-hybridized carbons (Fsp3) is 0.312. The minimum absolute atomic E-state index is 0.195. The Morgan fingerprint density at radius 2 is 2.04 bits per heavy atom. The smallest absolute Gasteiger partial charge is 0.341 e. The SMILES string of the molecule is C[C@@H](Sc1c(F)cc2c(=O)c(C(=O)O)cn(C3CC3)c2c1[N+](=O)[O-])C(=O)O. The monoisotopic (exact) mass is 396 g/mol. The molecular weight excluding hydrogens is 383 g/mol. The Kier molecular flexibility index (Phi) is 4.64. The molecule has 0 amide bonds. The standard InChI is InChI=1S/C16H13FN2O7S/c1-6(15(21)22)27-14-10(17)4-8-11(12(14)19(25)26)18(7-2-3-7)5-9(13(8)20)16(23)24/h4-7H,2-3H2,1H3,(H,21,22)(H,23,24)/t6-/m1/s1. The van der Waals surface area contributed by atoms with Gasteiger partial charge in [-0.05, 0) is 25.8 Å². The van der Waals surface area contributed by atoms with Crippen molar-refractivity contribution < 1.29 is 29.1 Å². The van der Waals surface area contributed by atoms with Crippen LogP contribution in [0.25, 0.3) is 10.9 Å². The van der Waals surface area contributed by atoms with Crippen LogP contribution in [-0.4, -0.2) is 36.9 Å². The van der Waals surface area contributed by atoms with Crippen LogP contribution in [-0.2, 0) is 4.79 Å². The first-order chi connectivity index (χ1) is 12.6. The van der Waals surface area contributed by atoms with Crippen molar-refractivity contribution in [2.45, 2.75) is 36.0 Å². The molecule has 3 rings (SSSR count). The zero-order valence-electron chi connectivity index (χ0n) is 13.8. The van der Waals surface area contributed by atoms with Gasteiger partial charge in [-0.2, -0.15) is 0 Å². The minimum Gasteiger partial charge on any atom is -0.480 e. The summed E-state index contributed by atoms with van der Waals surface area (Å²) >= 11 is 0.457. The topological polar surface area (TPSA) is 140 Å². The summed E-state index contributed by atoms with van der Waals surface area (Å²) < 4.78 is 15.9. The van der Waals surface area contributed by atoms with Gasteiger partial charge < -0.3 is 14.8 Å². The first kappa shape index (κ1) is 18.8. The third-order valence-corrected chi connectivity index (χ3v) is 5.37. The number of fused-ring (bicyclic) bond motifs is 1. The molecule has 2 aromatic rings. The Balaban J connectivity index is 2.43. The van der Waals surface area contributed by atoms with Crippen molar-refractivity contribution in [2.24, 2.45) is 0 Å². The van der Waals surface area contributed by atoms with Crippen molar-refractivity contribution in [3.63, 3.8) is 0 Å². The van der Waals surface area contributed by atoms with Gasteiger partial charge in [-0.3, -0.25) is 19.7 Å². The van der Waals surface area contributed by atoms with E-state index in [-0.39, 0.29) is 11.6 Å². The summed E-state index contributed by atoms with van der Waals surface area (Å²) in [7, 11) is 0. The molecule has 0 saturated heterocycles. The van der Waals surface area contributed by atoms with Gasteiger partial charge in [0.2, 0.25) is 5.43 Å². The number of pyridine rings is 1. The van der Waals surface area contributed by atoms with Gasteiger partial charge in [-0.25, -0.2) is 9.18 Å². The van der Waals surface area contributed by atoms with Crippen LogP contribution in [0.3, 0.4) is 0 Å². The number of halogens is 1. The van der Waals surface area contributed by atoms with E-state index in [1.54, 1.807) is 0 Å². The molecule has 1 saturated carbocycles. The predicted molar refractivity (Wildman–Crippen MR) is 93.0 cm³/mol. The number of carboxylic acid groups (broad SMARTS) is 2. The molecule has 27 heavy (non-hydrogen) atoms. The van der Waals surface area contributed by atoms with E-state index >= 15 is 0 Å². The van der Waals surface area contributed by atoms with Crippen LogP contribution in [0.1, 0.15) is 36.2 Å². The van der Waals surface area contributed by atoms with Crippen LogP contribution in [0.5, 0.6) is 0 Å². The molecule has 0 aliphatic heterocycles. The van der Waals surface area contributed by atoms with Crippen molar-refractivity contribution in [1.29, 1.82) is 0 Å². The maximum absolute atomic E-state index is 14.6. The molecule has 0 spiro atoms. The number of rotatable bonds is 6. The molecule has 2 N–H and O–H groups in total. The van der Waals surface area contributed by atoms with Crippen molar-refractivity contribution in [1.82, 2.24) is 4.57 Å². The van der Waals surface area contributed by atoms with Crippen LogP contribution in [0.2, 0.25) is 0 Å². The number of thioether (sulfide) groups is 1. The zero-order chi connectivity index (χ0) is 20.0. The number of benzene rings is 1. The van der Waals surface area contributed by atoms with E-state index in [1.165, 1.54) is 11.5 Å². The van der Waals surface area contributed by atoms with Gasteiger partial charge in [0.25, 0.3) is 0 Å². The average molecular weight is 396 g/mol. The molecule has 1 atom stereocenters. The number of nitrogens with zero attached hydrogens (tertiary/aromatic N) is 2. The van der Waals surface area contributed by atoms with E-state index < -0.39 is 54.9 Å². The highest BCUT2D eigenvalue weighted by atomic mass is 32.2. The number of carboxylic acids is 2. The van der Waals surface area contributed by atoms with Gasteiger partial charge in [0.05, 0.1) is 10.3 Å². The van der Waals surface area contributed by atoms with Crippen molar-refractivity contribution >= 4 is 40.3 Å². The maximum atomic E-state index is 14.6. The lowest BCUT2D eigenvalue weighted by Gasteiger charge is -2.15. The Morgan fingerprint density at radius 3 is 2.52 bits per heavy atom. The first-order valence-corrected chi connectivity index (χ1v) is 8.70. The van der Waals surface area contributed by atoms with Crippen LogP contribution in [0.4, 0.5) is 10.1 Å². The van der Waals surface area contributed by atoms with E-state index in [2.05, 4.69) is 0 Å². The molecule has 1 heterocycles. The normalized spacial score (nSPS) is 14.9. The van der Waals surface area contributed by atoms with E-state index in [4.69, 9.17) is 5.11 Å². The maximum Gasteiger partial charge on any atom is 0.341 e. The number of aromatic carboxylic acids is 1. The largest absolute Gasteiger partial charge is 0.480 e. The quantitative estimate of drug-likeness (QED) is 0.431. The van der Waals surface area contributed by atoms with E-state index in [0.717, 1.165) is 12.3 Å². The van der Waals surface area contributed by atoms with Crippen molar-refractivity contribution in [2.75, 3.05) is 0 Å². The Labute approximate surface area is 154 Å². The highest BCUT2D eigenvalue weighted by Gasteiger charge is 2.34. The molecule has 1 fully saturated rings. The molecule has 0 unspecified atom stereocenters. The molecule has 142 valence electrons. The number of aliphatic carboxylic acids is 1. The van der Waals surface area contributed by atoms with Gasteiger partial charge in [0, 0.05) is 12.2 Å². The highest BCUT2D eigenvalue weighted by Crippen LogP contribution is 2.44. The van der Waals surface area contributed by atoms with Crippen LogP contribution in [0, 0.1) is 15.9 Å². The summed E-state index contributed by atoms with van der Waals surface area (Å²) in [5.74, 6) is -3.94. The van der Waals surface area contributed by atoms with E-state index in [9.17, 15) is 34.0 Å². The van der Waals surface area contributed by atoms with Gasteiger partial charge in [-0.15, -0.1) is 11.8 Å². The molecule has 0 bridgehead atoms. The number of hydrogen-bond donors (Lipinski definition) is 2. The minimum atomic E-state index is -1.52. The predicted octanol–water partition coefficient (Wildman–Crippen LogP) is 2.65. The molecule has 1 aliphatic carbocycles. The van der Waals surface area contributed by atoms with Crippen molar-refractivity contribution in [3.8, 4) is 0 Å². The fourth-order valence-corrected chi connectivity index (χ4v) is 3.66. The molecule has 1 aromatic heterocycles. The summed E-state index contributed by atoms with van der Waals surface area (Å²) in [6.45, 7) is 1.25. The molecule has 1 aliphatic rings. The van der Waals surface area contributed by atoms with Gasteiger partial charge >= 0.3 is 17.6 Å². The van der Waals surface area contributed by atoms with E-state index in [0.29, 0.717) is 24.6 Å². The second kappa shape index (κ2) is 6.65. The molecule has 9 nitrogen and oxygen atoms in total. The summed E-state index contributed by atoms with van der Waals surface area (Å²) in [6, 6.07) is 0.498. The molecular formula is C16H13FN2O7S. The Morgan fingerprint density at radius 1 is 1.41 bits per heavy atom. The fourth-order valence-electron chi connectivity index (χ4n) is 2.75. The number of carbonyl (C=O) groups is 2. The third-order valence-electron chi connectivity index (χ3n) is 4.19. The van der Waals surface area contributed by atoms with Crippen molar-refractivity contribution in [3.05, 3.63) is 44.0 Å². The lowest BCUT2D eigenvalue weighted by Crippen LogP contribution is -2.20. The third kappa shape index (κ3) is 3.25. The zero-order valence-corrected chi connectivity index (χ0v) is 14.7. The summed E-state index contributed by atoms with van der Waals surface area (Å²) in [5, 5.41) is 28.4. The number of hydrogen-bond acceptors (Lipinski definition) is 6. The summed E-state index contributed by atoms with van der Waals surface area (Å²) in [4.78, 5) is 45.2. The molecule has 1 aromatic carbocycles. The van der Waals surface area contributed by atoms with Gasteiger partial charge in [0.15, 0.2) is 0 Å². The lowest BCUT2D eigenvalue weighted by atomic mass is 10.1. The van der Waals surface area contributed by atoms with Crippen LogP contribution < -0.4 is 5.43 Å². The Hall–Kier alpha value is -2.95. The second-order valence-corrected chi connectivity index (χ2v) is 7.45. The number of aromatic nitrogens is 1. The van der Waals surface area contributed by atoms with E-state index in [1.807, 2.05) is 0 Å². The summed E-state index contributed by atoms with van der Waals surface area (Å²) in [5.41, 5.74) is -2.57. The second-order valence-electron chi connectivity index (χ2n) is 6.10. The summed E-state index contributed by atoms with van der Waals surface area (Å²) in [6.07, 6.45) is 2.28. The lowest BCUT2D eigenvalue weighted by molar-refractivity contribution is -0.386. The van der Waals surface area contributed by atoms with Crippen LogP contribution in [0.15, 0.2) is 22.0 Å². The Bertz CT molecular complexity index is 1060.